The van der Waals surface area contributed by atoms with E-state index in [1.165, 1.54) is 30.3 Å². The first-order chi connectivity index (χ1) is 11.3. The van der Waals surface area contributed by atoms with Crippen LogP contribution in [0.3, 0.4) is 0 Å². The molecule has 2 aromatic rings. The van der Waals surface area contributed by atoms with E-state index in [9.17, 15) is 22.8 Å². The Kier molecular flexibility index (Phi) is 3.88. The van der Waals surface area contributed by atoms with Crippen LogP contribution in [0, 0.1) is 0 Å². The van der Waals surface area contributed by atoms with Gasteiger partial charge in [-0.05, 0) is 30.3 Å². The summed E-state index contributed by atoms with van der Waals surface area (Å²) in [7, 11) is 0. The Labute approximate surface area is 134 Å². The first-order valence-electron chi connectivity index (χ1n) is 6.89. The Morgan fingerprint density at radius 2 is 1.92 bits per heavy atom. The fraction of sp³-hybridized carbons (Fsp3) is 0.125. The van der Waals surface area contributed by atoms with Gasteiger partial charge in [0.2, 0.25) is 0 Å². The topological polar surface area (TPSA) is 67.4 Å². The van der Waals surface area contributed by atoms with E-state index in [-0.39, 0.29) is 18.2 Å². The molecule has 0 aromatic heterocycles. The van der Waals surface area contributed by atoms with Gasteiger partial charge in [-0.2, -0.15) is 13.2 Å². The smallest absolute Gasteiger partial charge is 0.417 e. The molecule has 0 saturated carbocycles. The molecular formula is C16H11F3N2O3. The van der Waals surface area contributed by atoms with Crippen LogP contribution >= 0.6 is 0 Å². The van der Waals surface area contributed by atoms with Gasteiger partial charge in [0.1, 0.15) is 5.75 Å². The zero-order chi connectivity index (χ0) is 17.3. The molecular weight excluding hydrogens is 325 g/mol. The van der Waals surface area contributed by atoms with Crippen molar-refractivity contribution in [3.05, 3.63) is 53.6 Å². The predicted octanol–water partition coefficient (Wildman–Crippen LogP) is 3.29. The van der Waals surface area contributed by atoms with Gasteiger partial charge in [-0.25, -0.2) is 0 Å². The Balaban J connectivity index is 1.86. The van der Waals surface area contributed by atoms with Crippen LogP contribution in [0.15, 0.2) is 42.5 Å². The van der Waals surface area contributed by atoms with Crippen LogP contribution in [0.4, 0.5) is 24.5 Å². The molecule has 0 atom stereocenters. The molecule has 2 amide bonds. The second-order valence-corrected chi connectivity index (χ2v) is 5.05. The van der Waals surface area contributed by atoms with Crippen LogP contribution in [-0.4, -0.2) is 18.4 Å². The molecule has 0 bridgehead atoms. The van der Waals surface area contributed by atoms with Crippen molar-refractivity contribution in [2.24, 2.45) is 0 Å². The SMILES string of the molecule is O=C1COc2ccc(NC(=O)c3ccccc3C(F)(F)F)cc2N1. The van der Waals surface area contributed by atoms with E-state index in [1.807, 2.05) is 0 Å². The molecule has 0 spiro atoms. The molecule has 0 radical (unpaired) electrons. The summed E-state index contributed by atoms with van der Waals surface area (Å²) in [6.45, 7) is -0.113. The molecule has 1 heterocycles. The van der Waals surface area contributed by atoms with Gasteiger partial charge in [-0.3, -0.25) is 9.59 Å². The molecule has 1 aliphatic heterocycles. The molecule has 0 saturated heterocycles. The lowest BCUT2D eigenvalue weighted by atomic mass is 10.1. The van der Waals surface area contributed by atoms with Crippen molar-refractivity contribution < 1.29 is 27.5 Å². The van der Waals surface area contributed by atoms with E-state index >= 15 is 0 Å². The zero-order valence-corrected chi connectivity index (χ0v) is 12.1. The molecule has 3 rings (SSSR count). The molecule has 1 aliphatic rings. The van der Waals surface area contributed by atoms with Crippen molar-refractivity contribution >= 4 is 23.2 Å². The number of ether oxygens (including phenoxy) is 1. The van der Waals surface area contributed by atoms with E-state index in [2.05, 4.69) is 10.6 Å². The van der Waals surface area contributed by atoms with Crippen LogP contribution in [0.2, 0.25) is 0 Å². The summed E-state index contributed by atoms with van der Waals surface area (Å²) < 4.78 is 44.1. The maximum atomic E-state index is 13.0. The van der Waals surface area contributed by atoms with Gasteiger partial charge in [-0.15, -0.1) is 0 Å². The number of halogens is 3. The van der Waals surface area contributed by atoms with Crippen molar-refractivity contribution in [2.75, 3.05) is 17.2 Å². The fourth-order valence-electron chi connectivity index (χ4n) is 2.29. The normalized spacial score (nSPS) is 13.5. The van der Waals surface area contributed by atoms with Gasteiger partial charge < -0.3 is 15.4 Å². The van der Waals surface area contributed by atoms with Gasteiger partial charge in [-0.1, -0.05) is 12.1 Å². The van der Waals surface area contributed by atoms with E-state index in [1.54, 1.807) is 0 Å². The first-order valence-corrected chi connectivity index (χ1v) is 6.89. The number of benzene rings is 2. The molecule has 24 heavy (non-hydrogen) atoms. The second-order valence-electron chi connectivity index (χ2n) is 5.05. The predicted molar refractivity (Wildman–Crippen MR) is 80.0 cm³/mol. The lowest BCUT2D eigenvalue weighted by molar-refractivity contribution is -0.137. The minimum atomic E-state index is -4.63. The van der Waals surface area contributed by atoms with E-state index in [0.29, 0.717) is 11.4 Å². The summed E-state index contributed by atoms with van der Waals surface area (Å²) in [5, 5.41) is 4.94. The first kappa shape index (κ1) is 15.9. The zero-order valence-electron chi connectivity index (χ0n) is 12.1. The monoisotopic (exact) mass is 336 g/mol. The average Bonchev–Trinajstić information content (AvgIpc) is 2.53. The average molecular weight is 336 g/mol. The number of fused-ring (bicyclic) bond motifs is 1. The number of alkyl halides is 3. The number of carbonyl (C=O) groups excluding carboxylic acids is 2. The van der Waals surface area contributed by atoms with Gasteiger partial charge >= 0.3 is 6.18 Å². The highest BCUT2D eigenvalue weighted by Crippen LogP contribution is 2.33. The summed E-state index contributed by atoms with van der Waals surface area (Å²) in [4.78, 5) is 23.5. The standard InChI is InChI=1S/C16H11F3N2O3/c17-16(18,19)11-4-2-1-3-10(11)15(23)20-9-5-6-13-12(7-9)21-14(22)8-24-13/h1-7H,8H2,(H,20,23)(H,21,22). The van der Waals surface area contributed by atoms with Crippen molar-refractivity contribution in [3.8, 4) is 5.75 Å². The van der Waals surface area contributed by atoms with Gasteiger partial charge in [0, 0.05) is 5.69 Å². The van der Waals surface area contributed by atoms with E-state index in [4.69, 9.17) is 4.74 Å². The van der Waals surface area contributed by atoms with Crippen molar-refractivity contribution in [2.45, 2.75) is 6.18 Å². The highest BCUT2D eigenvalue weighted by Gasteiger charge is 2.34. The van der Waals surface area contributed by atoms with E-state index < -0.39 is 23.2 Å². The van der Waals surface area contributed by atoms with Gasteiger partial charge in [0.25, 0.3) is 11.8 Å². The number of amides is 2. The number of nitrogens with one attached hydrogen (secondary N) is 2. The van der Waals surface area contributed by atoms with Gasteiger partial charge in [0.15, 0.2) is 6.61 Å². The molecule has 0 fully saturated rings. The molecule has 0 aliphatic carbocycles. The number of anilines is 2. The maximum Gasteiger partial charge on any atom is 0.417 e. The summed E-state index contributed by atoms with van der Waals surface area (Å²) >= 11 is 0. The number of hydrogen-bond donors (Lipinski definition) is 2. The lowest BCUT2D eigenvalue weighted by Crippen LogP contribution is -2.25. The van der Waals surface area contributed by atoms with Crippen LogP contribution in [-0.2, 0) is 11.0 Å². The molecule has 2 aromatic carbocycles. The molecule has 8 heteroatoms. The Hall–Kier alpha value is -3.03. The Morgan fingerprint density at radius 3 is 2.67 bits per heavy atom. The summed E-state index contributed by atoms with van der Waals surface area (Å²) in [6.07, 6.45) is -4.63. The van der Waals surface area contributed by atoms with Crippen molar-refractivity contribution in [1.82, 2.24) is 0 Å². The molecule has 124 valence electrons. The van der Waals surface area contributed by atoms with Gasteiger partial charge in [0.05, 0.1) is 16.8 Å². The van der Waals surface area contributed by atoms with Crippen molar-refractivity contribution in [1.29, 1.82) is 0 Å². The van der Waals surface area contributed by atoms with Crippen LogP contribution < -0.4 is 15.4 Å². The summed E-state index contributed by atoms with van der Waals surface area (Å²) in [5.74, 6) is -0.831. The van der Waals surface area contributed by atoms with Crippen LogP contribution in [0.1, 0.15) is 15.9 Å². The van der Waals surface area contributed by atoms with Crippen LogP contribution in [0.25, 0.3) is 0 Å². The maximum absolute atomic E-state index is 13.0. The third-order valence-electron chi connectivity index (χ3n) is 3.35. The number of carbonyl (C=O) groups is 2. The minimum Gasteiger partial charge on any atom is -0.482 e. The number of hydrogen-bond acceptors (Lipinski definition) is 3. The highest BCUT2D eigenvalue weighted by atomic mass is 19.4. The minimum absolute atomic E-state index is 0.113. The third kappa shape index (κ3) is 3.17. The quantitative estimate of drug-likeness (QED) is 0.884. The Bertz CT molecular complexity index is 818. The fourth-order valence-corrected chi connectivity index (χ4v) is 2.29. The molecule has 0 unspecified atom stereocenters. The summed E-state index contributed by atoms with van der Waals surface area (Å²) in [5.41, 5.74) is -0.921. The number of rotatable bonds is 2. The summed E-state index contributed by atoms with van der Waals surface area (Å²) in [6, 6.07) is 8.92. The molecule has 5 nitrogen and oxygen atoms in total. The van der Waals surface area contributed by atoms with Crippen LogP contribution in [0.5, 0.6) is 5.75 Å². The largest absolute Gasteiger partial charge is 0.482 e. The highest BCUT2D eigenvalue weighted by molar-refractivity contribution is 6.06. The van der Waals surface area contributed by atoms with Crippen molar-refractivity contribution in [3.63, 3.8) is 0 Å². The third-order valence-corrected chi connectivity index (χ3v) is 3.35. The van der Waals surface area contributed by atoms with E-state index in [0.717, 1.165) is 12.1 Å². The Morgan fingerprint density at radius 1 is 1.17 bits per heavy atom. The second kappa shape index (κ2) is 5.88. The lowest BCUT2D eigenvalue weighted by Gasteiger charge is -2.19. The molecule has 2 N–H and O–H groups in total.